The molecule has 1 aliphatic carbocycles. The van der Waals surface area contributed by atoms with Crippen LogP contribution < -0.4 is 15.5 Å². The summed E-state index contributed by atoms with van der Waals surface area (Å²) < 4.78 is 0. The van der Waals surface area contributed by atoms with Crippen molar-refractivity contribution in [1.29, 1.82) is 0 Å². The highest BCUT2D eigenvalue weighted by Crippen LogP contribution is 2.33. The molecule has 1 fully saturated rings. The molecule has 2 aromatic rings. The minimum absolute atomic E-state index is 0.00937. The molecular formula is C25H30N6O2. The monoisotopic (exact) mass is 446 g/mol. The Balaban J connectivity index is 1.55. The van der Waals surface area contributed by atoms with Crippen LogP contribution in [0, 0.1) is 11.8 Å². The van der Waals surface area contributed by atoms with Crippen LogP contribution in [0.3, 0.4) is 0 Å². The van der Waals surface area contributed by atoms with Crippen molar-refractivity contribution in [2.75, 3.05) is 42.6 Å². The zero-order valence-electron chi connectivity index (χ0n) is 18.6. The fourth-order valence-corrected chi connectivity index (χ4v) is 4.87. The zero-order chi connectivity index (χ0) is 22.8. The van der Waals surface area contributed by atoms with E-state index in [0.717, 1.165) is 31.5 Å². The van der Waals surface area contributed by atoms with Gasteiger partial charge in [0.2, 0.25) is 11.9 Å². The lowest BCUT2D eigenvalue weighted by molar-refractivity contribution is 0.240. The first-order chi connectivity index (χ1) is 16.2. The fraction of sp³-hybridized carbons (Fsp3) is 0.400. The van der Waals surface area contributed by atoms with Crippen LogP contribution in [0.5, 0.6) is 5.75 Å². The van der Waals surface area contributed by atoms with E-state index in [0.29, 0.717) is 36.7 Å². The number of nitrogens with two attached hydrogens (primary N) is 1. The fourth-order valence-electron chi connectivity index (χ4n) is 4.87. The van der Waals surface area contributed by atoms with E-state index >= 15 is 0 Å². The summed E-state index contributed by atoms with van der Waals surface area (Å²) in [6.45, 7) is 2.98. The lowest BCUT2D eigenvalue weighted by atomic mass is 9.84. The Kier molecular flexibility index (Phi) is 6.11. The second-order valence-corrected chi connectivity index (χ2v) is 8.85. The molecule has 4 N–H and O–H groups in total. The number of aliphatic hydroxyl groups excluding tert-OH is 1. The molecule has 2 unspecified atom stereocenters. The molecule has 1 aromatic heterocycles. The summed E-state index contributed by atoms with van der Waals surface area (Å²) in [7, 11) is 0. The molecule has 8 heteroatoms. The van der Waals surface area contributed by atoms with Gasteiger partial charge in [-0.05, 0) is 43.0 Å². The van der Waals surface area contributed by atoms with Gasteiger partial charge in [0.25, 0.3) is 0 Å². The predicted molar refractivity (Wildman–Crippen MR) is 129 cm³/mol. The van der Waals surface area contributed by atoms with Crippen molar-refractivity contribution in [3.8, 4) is 17.1 Å². The molecule has 33 heavy (non-hydrogen) atoms. The number of anilines is 2. The quantitative estimate of drug-likeness (QED) is 0.641. The zero-order valence-corrected chi connectivity index (χ0v) is 18.6. The number of aromatic nitrogens is 3. The number of phenols is 1. The molecule has 8 nitrogen and oxygen atoms in total. The molecule has 0 radical (unpaired) electrons. The minimum atomic E-state index is -0.165. The Morgan fingerprint density at radius 2 is 1.88 bits per heavy atom. The maximum absolute atomic E-state index is 10.3. The molecule has 172 valence electrons. The van der Waals surface area contributed by atoms with Crippen molar-refractivity contribution in [2.45, 2.75) is 18.9 Å². The van der Waals surface area contributed by atoms with E-state index in [2.05, 4.69) is 28.0 Å². The summed E-state index contributed by atoms with van der Waals surface area (Å²) in [4.78, 5) is 18.7. The van der Waals surface area contributed by atoms with E-state index < -0.39 is 0 Å². The van der Waals surface area contributed by atoms with Crippen LogP contribution in [0.15, 0.2) is 60.2 Å². The summed E-state index contributed by atoms with van der Waals surface area (Å²) in [6, 6.07) is 6.80. The Hall–Kier alpha value is -3.23. The van der Waals surface area contributed by atoms with Gasteiger partial charge in [-0.3, -0.25) is 0 Å². The largest absolute Gasteiger partial charge is 0.508 e. The van der Waals surface area contributed by atoms with Crippen LogP contribution >= 0.6 is 0 Å². The number of rotatable bonds is 5. The molecule has 3 aliphatic rings. The second-order valence-electron chi connectivity index (χ2n) is 8.85. The number of benzene rings is 1. The first-order valence-corrected chi connectivity index (χ1v) is 11.6. The number of phenolic OH excluding ortho intramolecular Hbond substituents is 1. The lowest BCUT2D eigenvalue weighted by Gasteiger charge is -2.40. The first-order valence-electron chi connectivity index (χ1n) is 11.6. The van der Waals surface area contributed by atoms with E-state index in [1.807, 2.05) is 18.2 Å². The van der Waals surface area contributed by atoms with E-state index in [1.165, 1.54) is 5.57 Å². The third-order valence-electron chi connectivity index (χ3n) is 6.83. The van der Waals surface area contributed by atoms with Crippen molar-refractivity contribution in [3.63, 3.8) is 0 Å². The molecule has 2 atom stereocenters. The highest BCUT2D eigenvalue weighted by atomic mass is 16.3. The van der Waals surface area contributed by atoms with Gasteiger partial charge in [-0.1, -0.05) is 42.5 Å². The number of aliphatic hydroxyl groups is 1. The molecule has 3 heterocycles. The van der Waals surface area contributed by atoms with Crippen LogP contribution in [-0.4, -0.2) is 64.0 Å². The highest BCUT2D eigenvalue weighted by molar-refractivity contribution is 5.61. The van der Waals surface area contributed by atoms with Crippen molar-refractivity contribution in [2.24, 2.45) is 17.6 Å². The van der Waals surface area contributed by atoms with Gasteiger partial charge in [0.1, 0.15) is 5.75 Å². The number of aromatic hydroxyl groups is 1. The molecule has 1 aromatic carbocycles. The average Bonchev–Trinajstić information content (AvgIpc) is 2.87. The average molecular weight is 447 g/mol. The molecule has 2 aliphatic heterocycles. The van der Waals surface area contributed by atoms with Crippen LogP contribution in [0.2, 0.25) is 0 Å². The molecule has 0 bridgehead atoms. The topological polar surface area (TPSA) is 112 Å². The molecule has 0 spiro atoms. The maximum Gasteiger partial charge on any atom is 0.231 e. The van der Waals surface area contributed by atoms with E-state index in [4.69, 9.17) is 20.7 Å². The lowest BCUT2D eigenvalue weighted by Crippen LogP contribution is -2.48. The third-order valence-corrected chi connectivity index (χ3v) is 6.83. The van der Waals surface area contributed by atoms with Gasteiger partial charge in [-0.15, -0.1) is 0 Å². The number of fused-ring (bicyclic) bond motifs is 1. The normalized spacial score (nSPS) is 22.9. The molecular weight excluding hydrogens is 416 g/mol. The first kappa shape index (κ1) is 21.6. The van der Waals surface area contributed by atoms with Gasteiger partial charge in [-0.2, -0.15) is 15.0 Å². The van der Waals surface area contributed by atoms with Gasteiger partial charge < -0.3 is 25.7 Å². The Labute approximate surface area is 193 Å². The van der Waals surface area contributed by atoms with Crippen LogP contribution in [0.1, 0.15) is 12.8 Å². The Morgan fingerprint density at radius 1 is 1.06 bits per heavy atom. The number of allylic oxidation sites excluding steroid dienone is 3. The van der Waals surface area contributed by atoms with Gasteiger partial charge in [-0.25, -0.2) is 0 Å². The standard InChI is InChI=1S/C25H30N6O2/c26-15-17-8-11-30(12-9-17)24-27-23(19-5-3-6-20(33)14-19)28-25(29-24)31-13-10-18-4-1-2-7-21(18)22(31)16-32/h1-7,10,14,17,21-22,32-33H,8-9,11-13,15-16,26H2. The van der Waals surface area contributed by atoms with Gasteiger partial charge >= 0.3 is 0 Å². The summed E-state index contributed by atoms with van der Waals surface area (Å²) in [6.07, 6.45) is 12.4. The van der Waals surface area contributed by atoms with E-state index in [9.17, 15) is 10.2 Å². The van der Waals surface area contributed by atoms with Gasteiger partial charge in [0, 0.05) is 31.1 Å². The van der Waals surface area contributed by atoms with Crippen LogP contribution in [-0.2, 0) is 0 Å². The highest BCUT2D eigenvalue weighted by Gasteiger charge is 2.34. The third kappa shape index (κ3) is 4.36. The number of hydrogen-bond donors (Lipinski definition) is 3. The smallest absolute Gasteiger partial charge is 0.231 e. The summed E-state index contributed by atoms with van der Waals surface area (Å²) in [5, 5.41) is 20.3. The Bertz CT molecular complexity index is 1090. The van der Waals surface area contributed by atoms with Crippen molar-refractivity contribution >= 4 is 11.9 Å². The van der Waals surface area contributed by atoms with Gasteiger partial charge in [0.05, 0.1) is 12.6 Å². The van der Waals surface area contributed by atoms with Crippen LogP contribution in [0.25, 0.3) is 11.4 Å². The van der Waals surface area contributed by atoms with Crippen molar-refractivity contribution in [3.05, 3.63) is 60.2 Å². The molecule has 0 amide bonds. The summed E-state index contributed by atoms with van der Waals surface area (Å²) >= 11 is 0. The van der Waals surface area contributed by atoms with E-state index in [-0.39, 0.29) is 24.3 Å². The van der Waals surface area contributed by atoms with Gasteiger partial charge in [0.15, 0.2) is 5.82 Å². The molecule has 0 saturated carbocycles. The van der Waals surface area contributed by atoms with Crippen LogP contribution in [0.4, 0.5) is 11.9 Å². The number of piperidine rings is 1. The summed E-state index contributed by atoms with van der Waals surface area (Å²) in [5.74, 6) is 2.45. The predicted octanol–water partition coefficient (Wildman–Crippen LogP) is 2.27. The molecule has 1 saturated heterocycles. The maximum atomic E-state index is 10.3. The summed E-state index contributed by atoms with van der Waals surface area (Å²) in [5.41, 5.74) is 7.81. The molecule has 5 rings (SSSR count). The van der Waals surface area contributed by atoms with Crippen molar-refractivity contribution in [1.82, 2.24) is 15.0 Å². The van der Waals surface area contributed by atoms with Crippen molar-refractivity contribution < 1.29 is 10.2 Å². The number of nitrogens with zero attached hydrogens (tertiary/aromatic N) is 5. The Morgan fingerprint density at radius 3 is 2.64 bits per heavy atom. The minimum Gasteiger partial charge on any atom is -0.508 e. The number of hydrogen-bond acceptors (Lipinski definition) is 8. The van der Waals surface area contributed by atoms with E-state index in [1.54, 1.807) is 18.2 Å². The SMILES string of the molecule is NCC1CCN(c2nc(-c3cccc(O)c3)nc(N3CC=C4C=CC=CC4C3CO)n2)CC1. The second kappa shape index (κ2) is 9.33.